The monoisotopic (exact) mass is 260 g/mol. The Balaban J connectivity index is 3.00. The summed E-state index contributed by atoms with van der Waals surface area (Å²) in [6.07, 6.45) is 1.12. The van der Waals surface area contributed by atoms with Crippen LogP contribution >= 0.6 is 0 Å². The highest BCUT2D eigenvalue weighted by atomic mass is 32.2. The van der Waals surface area contributed by atoms with Gasteiger partial charge < -0.3 is 9.84 Å². The van der Waals surface area contributed by atoms with E-state index in [1.807, 2.05) is 0 Å². The molecule has 7 nitrogen and oxygen atoms in total. The molecule has 1 aromatic heterocycles. The zero-order valence-corrected chi connectivity index (χ0v) is 10.1. The second-order valence-electron chi connectivity index (χ2n) is 3.19. The van der Waals surface area contributed by atoms with Crippen LogP contribution in [0.25, 0.3) is 0 Å². The Morgan fingerprint density at radius 1 is 1.53 bits per heavy atom. The number of ether oxygens (including phenoxy) is 1. The number of nitrogens with zero attached hydrogens (tertiary/aromatic N) is 2. The summed E-state index contributed by atoms with van der Waals surface area (Å²) in [7, 11) is -1.23. The van der Waals surface area contributed by atoms with Gasteiger partial charge in [0.2, 0.25) is 15.9 Å². The smallest absolute Gasteiger partial charge is 0.318 e. The second kappa shape index (κ2) is 5.11. The first kappa shape index (κ1) is 13.4. The Kier molecular flexibility index (Phi) is 4.02. The molecule has 0 atom stereocenters. The van der Waals surface area contributed by atoms with Crippen LogP contribution in [0.3, 0.4) is 0 Å². The molecule has 0 radical (unpaired) electrons. The van der Waals surface area contributed by atoms with E-state index in [1.54, 1.807) is 0 Å². The number of methoxy groups -OCH3 is 1. The van der Waals surface area contributed by atoms with E-state index in [4.69, 9.17) is 9.84 Å². The van der Waals surface area contributed by atoms with Crippen LogP contribution in [0, 0.1) is 0 Å². The van der Waals surface area contributed by atoms with E-state index in [2.05, 4.69) is 4.98 Å². The summed E-state index contributed by atoms with van der Waals surface area (Å²) in [6.45, 7) is -0.603. The number of carboxylic acid groups (broad SMARTS) is 1. The largest absolute Gasteiger partial charge is 0.481 e. The van der Waals surface area contributed by atoms with Crippen LogP contribution < -0.4 is 4.74 Å². The molecule has 0 bridgehead atoms. The van der Waals surface area contributed by atoms with Crippen molar-refractivity contribution >= 4 is 16.0 Å². The van der Waals surface area contributed by atoms with Gasteiger partial charge >= 0.3 is 5.97 Å². The number of likely N-dealkylation sites (N-methyl/N-ethyl adjacent to an activating group) is 1. The number of carbonyl (C=O) groups is 1. The minimum atomic E-state index is -3.82. The molecule has 8 heteroatoms. The summed E-state index contributed by atoms with van der Waals surface area (Å²) in [5, 5.41) is 8.53. The molecule has 1 N–H and O–H groups in total. The Morgan fingerprint density at radius 2 is 2.18 bits per heavy atom. The molecule has 0 unspecified atom stereocenters. The molecule has 0 aliphatic heterocycles. The van der Waals surface area contributed by atoms with Gasteiger partial charge in [0, 0.05) is 13.1 Å². The molecular formula is C9H12N2O5S. The molecule has 0 saturated heterocycles. The molecule has 0 aliphatic rings. The van der Waals surface area contributed by atoms with Crippen LogP contribution in [0.15, 0.2) is 23.2 Å². The van der Waals surface area contributed by atoms with Crippen molar-refractivity contribution in [1.29, 1.82) is 0 Å². The summed E-state index contributed by atoms with van der Waals surface area (Å²) < 4.78 is 29.2. The van der Waals surface area contributed by atoms with Crippen LogP contribution in [-0.2, 0) is 14.8 Å². The summed E-state index contributed by atoms with van der Waals surface area (Å²) in [6, 6.07) is 2.70. The molecule has 0 saturated carbocycles. The van der Waals surface area contributed by atoms with E-state index < -0.39 is 22.5 Å². The first-order valence-electron chi connectivity index (χ1n) is 4.56. The average molecular weight is 260 g/mol. The highest BCUT2D eigenvalue weighted by Crippen LogP contribution is 2.15. The van der Waals surface area contributed by atoms with Gasteiger partial charge in [0.25, 0.3) is 0 Å². The SMILES string of the molecule is COc1ccc(S(=O)(=O)N(C)CC(=O)O)cn1. The number of sulfonamides is 1. The van der Waals surface area contributed by atoms with E-state index in [0.29, 0.717) is 0 Å². The lowest BCUT2D eigenvalue weighted by molar-refractivity contribution is -0.137. The molecule has 1 rings (SSSR count). The average Bonchev–Trinajstić information content (AvgIpc) is 2.28. The summed E-state index contributed by atoms with van der Waals surface area (Å²) in [5.41, 5.74) is 0. The minimum absolute atomic E-state index is 0.0814. The highest BCUT2D eigenvalue weighted by molar-refractivity contribution is 7.89. The van der Waals surface area contributed by atoms with Gasteiger partial charge in [-0.15, -0.1) is 0 Å². The lowest BCUT2D eigenvalue weighted by Gasteiger charge is -2.14. The predicted octanol–water partition coefficient (Wildman–Crippen LogP) is -0.205. The van der Waals surface area contributed by atoms with Crippen molar-refractivity contribution < 1.29 is 23.1 Å². The summed E-state index contributed by atoms with van der Waals surface area (Å²) in [4.78, 5) is 14.1. The quantitative estimate of drug-likeness (QED) is 0.787. The summed E-state index contributed by atoms with van der Waals surface area (Å²) in [5.74, 6) is -0.942. The second-order valence-corrected chi connectivity index (χ2v) is 5.24. The van der Waals surface area contributed by atoms with Crippen molar-refractivity contribution in [3.05, 3.63) is 18.3 Å². The van der Waals surface area contributed by atoms with Crippen LogP contribution in [0.2, 0.25) is 0 Å². The maximum atomic E-state index is 11.8. The van der Waals surface area contributed by atoms with Gasteiger partial charge in [-0.3, -0.25) is 4.79 Å². The first-order chi connectivity index (χ1) is 7.87. The maximum absolute atomic E-state index is 11.8. The van der Waals surface area contributed by atoms with Crippen molar-refractivity contribution in [3.63, 3.8) is 0 Å². The van der Waals surface area contributed by atoms with Crippen LogP contribution in [0.5, 0.6) is 5.88 Å². The standard InChI is InChI=1S/C9H12N2O5S/c1-11(6-9(12)13)17(14,15)7-3-4-8(16-2)10-5-7/h3-5H,6H2,1-2H3,(H,12,13). The number of rotatable bonds is 5. The molecule has 0 spiro atoms. The molecule has 1 aromatic rings. The van der Waals surface area contributed by atoms with Gasteiger partial charge in [-0.05, 0) is 6.07 Å². The van der Waals surface area contributed by atoms with Crippen molar-refractivity contribution in [2.75, 3.05) is 20.7 Å². The normalized spacial score (nSPS) is 11.5. The van der Waals surface area contributed by atoms with Gasteiger partial charge in [-0.25, -0.2) is 13.4 Å². The van der Waals surface area contributed by atoms with Gasteiger partial charge in [0.05, 0.1) is 13.3 Å². The van der Waals surface area contributed by atoms with Crippen molar-refractivity contribution in [3.8, 4) is 5.88 Å². The van der Waals surface area contributed by atoms with Gasteiger partial charge in [0.15, 0.2) is 0 Å². The lowest BCUT2D eigenvalue weighted by atomic mass is 10.5. The number of hydrogen-bond acceptors (Lipinski definition) is 5. The van der Waals surface area contributed by atoms with E-state index in [-0.39, 0.29) is 10.8 Å². The molecule has 0 amide bonds. The van der Waals surface area contributed by atoms with Gasteiger partial charge in [0.1, 0.15) is 11.4 Å². The third-order valence-electron chi connectivity index (χ3n) is 1.98. The number of aliphatic carboxylic acids is 1. The Bertz CT molecular complexity index is 497. The molecule has 94 valence electrons. The van der Waals surface area contributed by atoms with E-state index in [9.17, 15) is 13.2 Å². The number of carboxylic acids is 1. The molecular weight excluding hydrogens is 248 g/mol. The Hall–Kier alpha value is -1.67. The Labute approximate surface area is 98.7 Å². The topological polar surface area (TPSA) is 96.8 Å². The molecule has 1 heterocycles. The third kappa shape index (κ3) is 3.14. The Morgan fingerprint density at radius 3 is 2.59 bits per heavy atom. The predicted molar refractivity (Wildman–Crippen MR) is 58.2 cm³/mol. The van der Waals surface area contributed by atoms with E-state index in [0.717, 1.165) is 10.5 Å². The molecule has 0 aliphatic carbocycles. The minimum Gasteiger partial charge on any atom is -0.481 e. The van der Waals surface area contributed by atoms with Gasteiger partial charge in [-0.1, -0.05) is 0 Å². The zero-order valence-electron chi connectivity index (χ0n) is 9.32. The van der Waals surface area contributed by atoms with Gasteiger partial charge in [-0.2, -0.15) is 4.31 Å². The maximum Gasteiger partial charge on any atom is 0.318 e. The first-order valence-corrected chi connectivity index (χ1v) is 6.00. The fourth-order valence-electron chi connectivity index (χ4n) is 1.10. The van der Waals surface area contributed by atoms with Crippen LogP contribution in [0.1, 0.15) is 0 Å². The zero-order chi connectivity index (χ0) is 13.1. The summed E-state index contributed by atoms with van der Waals surface area (Å²) >= 11 is 0. The highest BCUT2D eigenvalue weighted by Gasteiger charge is 2.23. The van der Waals surface area contributed by atoms with Crippen LogP contribution in [0.4, 0.5) is 0 Å². The van der Waals surface area contributed by atoms with Crippen molar-refractivity contribution in [2.24, 2.45) is 0 Å². The fraction of sp³-hybridized carbons (Fsp3) is 0.333. The van der Waals surface area contributed by atoms with E-state index in [1.165, 1.54) is 26.3 Å². The van der Waals surface area contributed by atoms with Crippen LogP contribution in [-0.4, -0.2) is 49.5 Å². The third-order valence-corrected chi connectivity index (χ3v) is 3.77. The molecule has 0 fully saturated rings. The number of hydrogen-bond donors (Lipinski definition) is 1. The van der Waals surface area contributed by atoms with Crippen molar-refractivity contribution in [2.45, 2.75) is 4.90 Å². The molecule has 0 aromatic carbocycles. The molecule has 17 heavy (non-hydrogen) atoms. The number of aromatic nitrogens is 1. The lowest BCUT2D eigenvalue weighted by Crippen LogP contribution is -2.32. The number of pyridine rings is 1. The fourth-order valence-corrected chi connectivity index (χ4v) is 2.16. The van der Waals surface area contributed by atoms with Crippen molar-refractivity contribution in [1.82, 2.24) is 9.29 Å². The van der Waals surface area contributed by atoms with E-state index >= 15 is 0 Å².